The number of halogens is 1. The Morgan fingerprint density at radius 3 is 2.73 bits per heavy atom. The molecule has 0 bridgehead atoms. The van der Waals surface area contributed by atoms with Crippen LogP contribution in [0.4, 0.5) is 4.39 Å². The van der Waals surface area contributed by atoms with Crippen molar-refractivity contribution in [1.82, 2.24) is 0 Å². The Bertz CT molecular complexity index is 387. The van der Waals surface area contributed by atoms with Crippen LogP contribution in [0.2, 0.25) is 0 Å². The van der Waals surface area contributed by atoms with Crippen molar-refractivity contribution in [2.45, 2.75) is 19.9 Å². The van der Waals surface area contributed by atoms with E-state index >= 15 is 0 Å². The fourth-order valence-corrected chi connectivity index (χ4v) is 1.51. The third kappa shape index (κ3) is 2.01. The standard InChI is InChI=1S/C12H14FNO/c1-8(2)11-7-15-12(14-11)9-5-3-4-6-10(9)13/h3-6,8,11H,7H2,1-2H3/t11-/m0/s1. The second kappa shape index (κ2) is 4.01. The topological polar surface area (TPSA) is 21.6 Å². The Labute approximate surface area is 88.8 Å². The summed E-state index contributed by atoms with van der Waals surface area (Å²) < 4.78 is 18.8. The van der Waals surface area contributed by atoms with E-state index in [1.165, 1.54) is 6.07 Å². The third-order valence-corrected chi connectivity index (χ3v) is 2.55. The lowest BCUT2D eigenvalue weighted by Gasteiger charge is -2.06. The van der Waals surface area contributed by atoms with Crippen LogP contribution in [-0.4, -0.2) is 18.5 Å². The highest BCUT2D eigenvalue weighted by atomic mass is 19.1. The zero-order valence-corrected chi connectivity index (χ0v) is 8.90. The van der Waals surface area contributed by atoms with E-state index in [2.05, 4.69) is 18.8 Å². The van der Waals surface area contributed by atoms with Gasteiger partial charge < -0.3 is 4.74 Å². The van der Waals surface area contributed by atoms with E-state index in [4.69, 9.17) is 4.74 Å². The average Bonchev–Trinajstić information content (AvgIpc) is 2.67. The van der Waals surface area contributed by atoms with Crippen LogP contribution in [0, 0.1) is 11.7 Å². The summed E-state index contributed by atoms with van der Waals surface area (Å²) in [6.45, 7) is 4.73. The Kier molecular flexibility index (Phi) is 2.71. The minimum atomic E-state index is -0.277. The van der Waals surface area contributed by atoms with E-state index in [0.717, 1.165) is 0 Å². The summed E-state index contributed by atoms with van der Waals surface area (Å²) in [6.07, 6.45) is 0. The van der Waals surface area contributed by atoms with Gasteiger partial charge in [-0.25, -0.2) is 9.38 Å². The Hall–Kier alpha value is -1.38. The number of hydrogen-bond acceptors (Lipinski definition) is 2. The van der Waals surface area contributed by atoms with Crippen molar-refractivity contribution in [2.75, 3.05) is 6.61 Å². The maximum absolute atomic E-state index is 13.4. The lowest BCUT2D eigenvalue weighted by Crippen LogP contribution is -2.13. The van der Waals surface area contributed by atoms with Crippen LogP contribution >= 0.6 is 0 Å². The molecule has 1 atom stereocenters. The molecule has 0 saturated carbocycles. The van der Waals surface area contributed by atoms with Gasteiger partial charge in [-0.15, -0.1) is 0 Å². The van der Waals surface area contributed by atoms with Gasteiger partial charge in [-0.05, 0) is 18.1 Å². The number of nitrogens with zero attached hydrogens (tertiary/aromatic N) is 1. The first kappa shape index (κ1) is 10.1. The maximum Gasteiger partial charge on any atom is 0.219 e. The minimum absolute atomic E-state index is 0.152. The normalized spacial score (nSPS) is 20.3. The fraction of sp³-hybridized carbons (Fsp3) is 0.417. The minimum Gasteiger partial charge on any atom is -0.475 e. The largest absolute Gasteiger partial charge is 0.475 e. The molecule has 0 radical (unpaired) electrons. The quantitative estimate of drug-likeness (QED) is 0.730. The molecule has 1 aliphatic rings. The van der Waals surface area contributed by atoms with Crippen LogP contribution in [0.3, 0.4) is 0 Å². The van der Waals surface area contributed by atoms with Crippen LogP contribution < -0.4 is 0 Å². The number of benzene rings is 1. The molecule has 0 unspecified atom stereocenters. The van der Waals surface area contributed by atoms with Gasteiger partial charge >= 0.3 is 0 Å². The van der Waals surface area contributed by atoms with E-state index in [-0.39, 0.29) is 11.9 Å². The molecular formula is C12H14FNO. The molecule has 0 spiro atoms. The van der Waals surface area contributed by atoms with Crippen molar-refractivity contribution >= 4 is 5.90 Å². The molecule has 3 heteroatoms. The summed E-state index contributed by atoms with van der Waals surface area (Å²) in [7, 11) is 0. The summed E-state index contributed by atoms with van der Waals surface area (Å²) in [5, 5.41) is 0. The van der Waals surface area contributed by atoms with Crippen molar-refractivity contribution < 1.29 is 9.13 Å². The highest BCUT2D eigenvalue weighted by Gasteiger charge is 2.23. The van der Waals surface area contributed by atoms with Crippen molar-refractivity contribution in [3.05, 3.63) is 35.6 Å². The van der Waals surface area contributed by atoms with E-state index in [1.54, 1.807) is 18.2 Å². The first-order valence-electron chi connectivity index (χ1n) is 5.14. The molecule has 0 aliphatic carbocycles. The van der Waals surface area contributed by atoms with E-state index in [9.17, 15) is 4.39 Å². The Morgan fingerprint density at radius 2 is 2.13 bits per heavy atom. The second-order valence-electron chi connectivity index (χ2n) is 4.04. The smallest absolute Gasteiger partial charge is 0.219 e. The van der Waals surface area contributed by atoms with E-state index < -0.39 is 0 Å². The molecule has 1 aromatic carbocycles. The van der Waals surface area contributed by atoms with Crippen molar-refractivity contribution in [2.24, 2.45) is 10.9 Å². The first-order valence-corrected chi connectivity index (χ1v) is 5.14. The van der Waals surface area contributed by atoms with Gasteiger partial charge in [0.1, 0.15) is 12.4 Å². The van der Waals surface area contributed by atoms with Crippen LogP contribution in [0.5, 0.6) is 0 Å². The van der Waals surface area contributed by atoms with Gasteiger partial charge in [-0.1, -0.05) is 26.0 Å². The molecule has 1 aliphatic heterocycles. The SMILES string of the molecule is CC(C)[C@@H]1COC(c2ccccc2F)=N1. The van der Waals surface area contributed by atoms with Crippen molar-refractivity contribution in [3.8, 4) is 0 Å². The molecular weight excluding hydrogens is 193 g/mol. The zero-order valence-electron chi connectivity index (χ0n) is 8.90. The Balaban J connectivity index is 2.27. The molecule has 0 amide bonds. The van der Waals surface area contributed by atoms with Crippen molar-refractivity contribution in [1.29, 1.82) is 0 Å². The predicted octanol–water partition coefficient (Wildman–Crippen LogP) is 2.63. The number of aliphatic imine (C=N–C) groups is 1. The molecule has 2 nitrogen and oxygen atoms in total. The molecule has 80 valence electrons. The number of ether oxygens (including phenoxy) is 1. The number of hydrogen-bond donors (Lipinski definition) is 0. The summed E-state index contributed by atoms with van der Waals surface area (Å²) in [6, 6.07) is 6.71. The lowest BCUT2D eigenvalue weighted by molar-refractivity contribution is 0.291. The Morgan fingerprint density at radius 1 is 1.40 bits per heavy atom. The molecule has 1 aromatic rings. The van der Waals surface area contributed by atoms with Gasteiger partial charge in [0, 0.05) is 0 Å². The molecule has 0 aromatic heterocycles. The van der Waals surface area contributed by atoms with Crippen LogP contribution in [-0.2, 0) is 4.74 Å². The van der Waals surface area contributed by atoms with Gasteiger partial charge in [0.15, 0.2) is 0 Å². The highest BCUT2D eigenvalue weighted by molar-refractivity contribution is 5.95. The molecule has 15 heavy (non-hydrogen) atoms. The van der Waals surface area contributed by atoms with Crippen LogP contribution in [0.1, 0.15) is 19.4 Å². The van der Waals surface area contributed by atoms with Crippen LogP contribution in [0.15, 0.2) is 29.3 Å². The molecule has 0 saturated heterocycles. The summed E-state index contributed by atoms with van der Waals surface area (Å²) in [4.78, 5) is 4.37. The van der Waals surface area contributed by atoms with E-state index in [1.807, 2.05) is 0 Å². The van der Waals surface area contributed by atoms with E-state index in [0.29, 0.717) is 24.0 Å². The monoisotopic (exact) mass is 207 g/mol. The van der Waals surface area contributed by atoms with Gasteiger partial charge in [0.2, 0.25) is 5.90 Å². The fourth-order valence-electron chi connectivity index (χ4n) is 1.51. The maximum atomic E-state index is 13.4. The first-order chi connectivity index (χ1) is 7.18. The van der Waals surface area contributed by atoms with Gasteiger partial charge in [-0.3, -0.25) is 0 Å². The third-order valence-electron chi connectivity index (χ3n) is 2.55. The summed E-state index contributed by atoms with van der Waals surface area (Å²) in [5.74, 6) is 0.585. The van der Waals surface area contributed by atoms with Gasteiger partial charge in [-0.2, -0.15) is 0 Å². The predicted molar refractivity (Wildman–Crippen MR) is 57.5 cm³/mol. The summed E-state index contributed by atoms with van der Waals surface area (Å²) in [5.41, 5.74) is 0.459. The van der Waals surface area contributed by atoms with Crippen molar-refractivity contribution in [3.63, 3.8) is 0 Å². The van der Waals surface area contributed by atoms with Gasteiger partial charge in [0.25, 0.3) is 0 Å². The number of rotatable bonds is 2. The molecule has 1 heterocycles. The van der Waals surface area contributed by atoms with Gasteiger partial charge in [0.05, 0.1) is 11.6 Å². The molecule has 0 fully saturated rings. The highest BCUT2D eigenvalue weighted by Crippen LogP contribution is 2.18. The zero-order chi connectivity index (χ0) is 10.8. The molecule has 2 rings (SSSR count). The second-order valence-corrected chi connectivity index (χ2v) is 4.04. The average molecular weight is 207 g/mol. The lowest BCUT2D eigenvalue weighted by atomic mass is 10.1. The molecule has 0 N–H and O–H groups in total. The summed E-state index contributed by atoms with van der Waals surface area (Å²) >= 11 is 0. The van der Waals surface area contributed by atoms with Crippen LogP contribution in [0.25, 0.3) is 0 Å².